The monoisotopic (exact) mass is 379 g/mol. The van der Waals surface area contributed by atoms with Crippen LogP contribution in [0.4, 0.5) is 5.82 Å². The van der Waals surface area contributed by atoms with E-state index in [-0.39, 0.29) is 24.0 Å². The summed E-state index contributed by atoms with van der Waals surface area (Å²) in [6.45, 7) is 3.11. The highest BCUT2D eigenvalue weighted by Gasteiger charge is 2.39. The van der Waals surface area contributed by atoms with Gasteiger partial charge in [-0.3, -0.25) is 9.20 Å². The van der Waals surface area contributed by atoms with E-state index in [1.165, 1.54) is 0 Å². The molecule has 7 nitrogen and oxygen atoms in total. The van der Waals surface area contributed by atoms with E-state index in [4.69, 9.17) is 10.5 Å². The summed E-state index contributed by atoms with van der Waals surface area (Å²) in [5.41, 5.74) is 6.75. The molecule has 2 aromatic heterocycles. The van der Waals surface area contributed by atoms with Gasteiger partial charge in [-0.15, -0.1) is 0 Å². The van der Waals surface area contributed by atoms with Crippen LogP contribution in [-0.2, 0) is 9.53 Å². The lowest BCUT2D eigenvalue weighted by Gasteiger charge is -2.43. The van der Waals surface area contributed by atoms with E-state index in [9.17, 15) is 4.79 Å². The van der Waals surface area contributed by atoms with Crippen molar-refractivity contribution in [3.63, 3.8) is 0 Å². The van der Waals surface area contributed by atoms with E-state index in [2.05, 4.69) is 25.9 Å². The first-order valence-corrected chi connectivity index (χ1v) is 8.55. The zero-order chi connectivity index (χ0) is 16.1. The minimum Gasteiger partial charge on any atom is -0.382 e. The van der Waals surface area contributed by atoms with E-state index in [0.717, 1.165) is 24.2 Å². The molecule has 2 fully saturated rings. The van der Waals surface area contributed by atoms with Crippen molar-refractivity contribution in [1.29, 1.82) is 0 Å². The molecule has 0 aliphatic carbocycles. The van der Waals surface area contributed by atoms with Crippen molar-refractivity contribution < 1.29 is 9.53 Å². The van der Waals surface area contributed by atoms with Gasteiger partial charge in [-0.25, -0.2) is 9.97 Å². The van der Waals surface area contributed by atoms with E-state index >= 15 is 0 Å². The Morgan fingerprint density at radius 2 is 2.26 bits per heavy atom. The normalized spacial score (nSPS) is 28.2. The number of aromatic nitrogens is 3. The van der Waals surface area contributed by atoms with Gasteiger partial charge < -0.3 is 15.4 Å². The molecule has 4 heterocycles. The highest BCUT2D eigenvalue weighted by Crippen LogP contribution is 2.34. The fourth-order valence-corrected chi connectivity index (χ4v) is 4.15. The first kappa shape index (κ1) is 14.9. The van der Waals surface area contributed by atoms with Crippen LogP contribution in [0.25, 0.3) is 5.52 Å². The molecule has 2 aliphatic rings. The zero-order valence-corrected chi connectivity index (χ0v) is 14.4. The van der Waals surface area contributed by atoms with Crippen molar-refractivity contribution in [3.05, 3.63) is 22.8 Å². The molecule has 2 aliphatic heterocycles. The summed E-state index contributed by atoms with van der Waals surface area (Å²) in [5.74, 6) is 1.63. The molecule has 8 heteroatoms. The molecule has 3 atom stereocenters. The summed E-state index contributed by atoms with van der Waals surface area (Å²) in [6, 6.07) is 0.191. The summed E-state index contributed by atoms with van der Waals surface area (Å²) in [4.78, 5) is 23.1. The highest BCUT2D eigenvalue weighted by molar-refractivity contribution is 9.10. The third-order valence-electron chi connectivity index (χ3n) is 4.81. The number of morpholine rings is 1. The molecule has 4 rings (SSSR count). The minimum atomic E-state index is -0.353. The molecule has 0 spiro atoms. The first-order valence-electron chi connectivity index (χ1n) is 7.76. The number of imidazole rings is 1. The molecule has 0 bridgehead atoms. The van der Waals surface area contributed by atoms with Crippen LogP contribution < -0.4 is 5.73 Å². The molecule has 0 radical (unpaired) electrons. The van der Waals surface area contributed by atoms with Gasteiger partial charge >= 0.3 is 0 Å². The van der Waals surface area contributed by atoms with Gasteiger partial charge in [0.25, 0.3) is 5.91 Å². The summed E-state index contributed by atoms with van der Waals surface area (Å²) in [5, 5.41) is 0. The van der Waals surface area contributed by atoms with Gasteiger partial charge in [0.15, 0.2) is 5.82 Å². The van der Waals surface area contributed by atoms with Crippen molar-refractivity contribution in [2.24, 2.45) is 0 Å². The number of nitrogens with zero attached hydrogens (tertiary/aromatic N) is 4. The van der Waals surface area contributed by atoms with E-state index in [1.807, 2.05) is 22.4 Å². The van der Waals surface area contributed by atoms with Gasteiger partial charge in [-0.05, 0) is 35.7 Å². The average molecular weight is 380 g/mol. The highest BCUT2D eigenvalue weighted by atomic mass is 79.9. The summed E-state index contributed by atoms with van der Waals surface area (Å²) in [6.07, 6.45) is 5.09. The van der Waals surface area contributed by atoms with Gasteiger partial charge in [0.05, 0.1) is 12.6 Å². The van der Waals surface area contributed by atoms with Crippen molar-refractivity contribution in [1.82, 2.24) is 19.3 Å². The Morgan fingerprint density at radius 3 is 3.09 bits per heavy atom. The maximum Gasteiger partial charge on any atom is 0.251 e. The Morgan fingerprint density at radius 1 is 1.43 bits per heavy atom. The quantitative estimate of drug-likeness (QED) is 0.812. The number of carbonyl (C=O) groups is 1. The minimum absolute atomic E-state index is 0.0760. The smallest absolute Gasteiger partial charge is 0.251 e. The number of fused-ring (bicyclic) bond motifs is 2. The van der Waals surface area contributed by atoms with Crippen LogP contribution in [0.2, 0.25) is 0 Å². The second-order valence-corrected chi connectivity index (χ2v) is 6.94. The van der Waals surface area contributed by atoms with Gasteiger partial charge in [0, 0.05) is 24.9 Å². The number of hydrogen-bond donors (Lipinski definition) is 1. The number of amides is 1. The third-order valence-corrected chi connectivity index (χ3v) is 5.36. The molecule has 0 saturated carbocycles. The Hall–Kier alpha value is -1.67. The standard InChI is InChI=1S/C15H18BrN5O2/c1-8-15(22)21-6-9(2-3-10(21)7-23-8)14-19-12(16)11-13(17)18-4-5-20(11)14/h4-5,8-10H,2-3,6-7H2,1H3,(H2,17,18)/t8-,9?,10+/m1/s1. The molecule has 2 aromatic rings. The Bertz CT molecular complexity index is 777. The first-order chi connectivity index (χ1) is 11.1. The molecule has 2 saturated heterocycles. The lowest BCUT2D eigenvalue weighted by molar-refractivity contribution is -0.160. The van der Waals surface area contributed by atoms with Crippen LogP contribution in [0.1, 0.15) is 31.5 Å². The maximum absolute atomic E-state index is 12.4. The van der Waals surface area contributed by atoms with Crippen LogP contribution in [0.15, 0.2) is 17.0 Å². The fourth-order valence-electron chi connectivity index (χ4n) is 3.57. The number of piperidine rings is 1. The molecule has 1 amide bonds. The molecular weight excluding hydrogens is 362 g/mol. The van der Waals surface area contributed by atoms with Crippen LogP contribution in [0.3, 0.4) is 0 Å². The average Bonchev–Trinajstić information content (AvgIpc) is 2.89. The van der Waals surface area contributed by atoms with Crippen molar-refractivity contribution in [2.45, 2.75) is 37.8 Å². The van der Waals surface area contributed by atoms with Crippen LogP contribution >= 0.6 is 15.9 Å². The fraction of sp³-hybridized carbons (Fsp3) is 0.533. The zero-order valence-electron chi connectivity index (χ0n) is 12.8. The lowest BCUT2D eigenvalue weighted by atomic mass is 9.91. The SMILES string of the molecule is C[C@H]1OC[C@@H]2CCC(c3nc(Br)c4c(N)nccn34)CN2C1=O. The van der Waals surface area contributed by atoms with E-state index < -0.39 is 0 Å². The number of halogens is 1. The largest absolute Gasteiger partial charge is 0.382 e. The lowest BCUT2D eigenvalue weighted by Crippen LogP contribution is -2.56. The number of carbonyl (C=O) groups excluding carboxylic acids is 1. The molecule has 1 unspecified atom stereocenters. The van der Waals surface area contributed by atoms with Crippen molar-refractivity contribution in [3.8, 4) is 0 Å². The number of anilines is 1. The van der Waals surface area contributed by atoms with E-state index in [1.54, 1.807) is 6.20 Å². The van der Waals surface area contributed by atoms with Crippen LogP contribution in [0.5, 0.6) is 0 Å². The van der Waals surface area contributed by atoms with Gasteiger partial charge in [-0.1, -0.05) is 0 Å². The number of hydrogen-bond acceptors (Lipinski definition) is 5. The van der Waals surface area contributed by atoms with Crippen LogP contribution in [0, 0.1) is 0 Å². The summed E-state index contributed by atoms with van der Waals surface area (Å²) in [7, 11) is 0. The van der Waals surface area contributed by atoms with Gasteiger partial charge in [-0.2, -0.15) is 0 Å². The topological polar surface area (TPSA) is 85.8 Å². The third kappa shape index (κ3) is 2.31. The Balaban J connectivity index is 1.69. The second-order valence-electron chi connectivity index (χ2n) is 6.19. The van der Waals surface area contributed by atoms with Crippen LogP contribution in [-0.4, -0.2) is 50.5 Å². The maximum atomic E-state index is 12.4. The predicted molar refractivity (Wildman–Crippen MR) is 88.0 cm³/mol. The summed E-state index contributed by atoms with van der Waals surface area (Å²) < 4.78 is 8.22. The second kappa shape index (κ2) is 5.45. The Kier molecular flexibility index (Phi) is 3.53. The number of nitrogen functional groups attached to an aromatic ring is 1. The number of ether oxygens (including phenoxy) is 1. The molecule has 0 aromatic carbocycles. The van der Waals surface area contributed by atoms with Gasteiger partial charge in [0.2, 0.25) is 0 Å². The number of nitrogens with two attached hydrogens (primary N) is 1. The number of rotatable bonds is 1. The molecular formula is C15H18BrN5O2. The molecule has 23 heavy (non-hydrogen) atoms. The molecule has 122 valence electrons. The van der Waals surface area contributed by atoms with Crippen molar-refractivity contribution in [2.75, 3.05) is 18.9 Å². The van der Waals surface area contributed by atoms with Gasteiger partial charge in [0.1, 0.15) is 22.0 Å². The predicted octanol–water partition coefficient (Wildman–Crippen LogP) is 1.57. The Labute approximate surface area is 142 Å². The summed E-state index contributed by atoms with van der Waals surface area (Å²) >= 11 is 3.47. The van der Waals surface area contributed by atoms with E-state index in [0.29, 0.717) is 23.6 Å². The van der Waals surface area contributed by atoms with Crippen molar-refractivity contribution >= 4 is 33.2 Å². The molecule has 2 N–H and O–H groups in total.